The van der Waals surface area contributed by atoms with E-state index < -0.39 is 0 Å². The number of aryl methyl sites for hydroxylation is 1. The van der Waals surface area contributed by atoms with E-state index in [0.29, 0.717) is 10.2 Å². The SMILES string of the molecule is Cc1cc(Cl)c2nc(N3CCN(C)CC3)c(Cl)nc2c1. The minimum atomic E-state index is 0.448. The summed E-state index contributed by atoms with van der Waals surface area (Å²) in [5.74, 6) is 0.734. The highest BCUT2D eigenvalue weighted by molar-refractivity contribution is 6.35. The maximum atomic E-state index is 6.31. The van der Waals surface area contributed by atoms with Gasteiger partial charge in [0.05, 0.1) is 10.5 Å². The molecular weight excluding hydrogens is 295 g/mol. The summed E-state index contributed by atoms with van der Waals surface area (Å²) in [4.78, 5) is 13.6. The predicted molar refractivity (Wildman–Crippen MR) is 84.0 cm³/mol. The van der Waals surface area contributed by atoms with Gasteiger partial charge in [-0.2, -0.15) is 0 Å². The van der Waals surface area contributed by atoms with E-state index in [1.807, 2.05) is 19.1 Å². The first-order chi connectivity index (χ1) is 9.54. The fourth-order valence-electron chi connectivity index (χ4n) is 2.44. The van der Waals surface area contributed by atoms with Crippen molar-refractivity contribution < 1.29 is 0 Å². The Kier molecular flexibility index (Phi) is 3.71. The Morgan fingerprint density at radius 2 is 1.75 bits per heavy atom. The number of hydrogen-bond acceptors (Lipinski definition) is 4. The first kappa shape index (κ1) is 13.9. The molecule has 1 aromatic heterocycles. The van der Waals surface area contributed by atoms with Crippen molar-refractivity contribution in [1.82, 2.24) is 14.9 Å². The van der Waals surface area contributed by atoms with Gasteiger partial charge < -0.3 is 9.80 Å². The molecule has 4 nitrogen and oxygen atoms in total. The van der Waals surface area contributed by atoms with Crippen LogP contribution in [0.15, 0.2) is 12.1 Å². The lowest BCUT2D eigenvalue weighted by Gasteiger charge is -2.33. The van der Waals surface area contributed by atoms with E-state index in [9.17, 15) is 0 Å². The topological polar surface area (TPSA) is 32.3 Å². The predicted octanol–water partition coefficient (Wildman–Crippen LogP) is 3.00. The van der Waals surface area contributed by atoms with Gasteiger partial charge in [-0.05, 0) is 31.7 Å². The fraction of sp³-hybridized carbons (Fsp3) is 0.429. The molecule has 106 valence electrons. The van der Waals surface area contributed by atoms with Crippen LogP contribution in [0, 0.1) is 6.92 Å². The number of piperazine rings is 1. The molecule has 0 spiro atoms. The molecule has 0 unspecified atom stereocenters. The van der Waals surface area contributed by atoms with Crippen LogP contribution in [0.25, 0.3) is 11.0 Å². The molecule has 0 radical (unpaired) electrons. The number of fused-ring (bicyclic) bond motifs is 1. The van der Waals surface area contributed by atoms with Crippen LogP contribution >= 0.6 is 23.2 Å². The minimum absolute atomic E-state index is 0.448. The van der Waals surface area contributed by atoms with E-state index in [0.717, 1.165) is 48.6 Å². The van der Waals surface area contributed by atoms with Crippen LogP contribution in [0.5, 0.6) is 0 Å². The van der Waals surface area contributed by atoms with Crippen molar-refractivity contribution in [2.75, 3.05) is 38.1 Å². The zero-order valence-corrected chi connectivity index (χ0v) is 13.0. The Morgan fingerprint density at radius 3 is 2.45 bits per heavy atom. The maximum Gasteiger partial charge on any atom is 0.172 e. The molecule has 1 saturated heterocycles. The van der Waals surface area contributed by atoms with Crippen molar-refractivity contribution in [3.63, 3.8) is 0 Å². The number of nitrogens with zero attached hydrogens (tertiary/aromatic N) is 4. The third-order valence-corrected chi connectivity index (χ3v) is 4.15. The lowest BCUT2D eigenvalue weighted by Crippen LogP contribution is -2.45. The zero-order chi connectivity index (χ0) is 14.3. The molecule has 1 aliphatic rings. The normalized spacial score (nSPS) is 16.9. The van der Waals surface area contributed by atoms with Gasteiger partial charge in [0.25, 0.3) is 0 Å². The number of hydrogen-bond donors (Lipinski definition) is 0. The molecule has 20 heavy (non-hydrogen) atoms. The number of likely N-dealkylation sites (N-methyl/N-ethyl adjacent to an activating group) is 1. The third-order valence-electron chi connectivity index (χ3n) is 3.61. The molecule has 0 saturated carbocycles. The standard InChI is InChI=1S/C14H16Cl2N4/c1-9-7-10(15)12-11(8-9)17-13(16)14(18-12)20-5-3-19(2)4-6-20/h7-8H,3-6H2,1-2H3. The summed E-state index contributed by atoms with van der Waals surface area (Å²) in [6.07, 6.45) is 0. The van der Waals surface area contributed by atoms with Crippen LogP contribution in [0.2, 0.25) is 10.2 Å². The minimum Gasteiger partial charge on any atom is -0.351 e. The molecule has 1 aliphatic heterocycles. The molecule has 0 N–H and O–H groups in total. The second-order valence-corrected chi connectivity index (χ2v) is 6.01. The van der Waals surface area contributed by atoms with E-state index in [2.05, 4.69) is 26.8 Å². The van der Waals surface area contributed by atoms with Crippen molar-refractivity contribution in [3.8, 4) is 0 Å². The number of halogens is 2. The van der Waals surface area contributed by atoms with Gasteiger partial charge in [0, 0.05) is 26.2 Å². The first-order valence-electron chi connectivity index (χ1n) is 6.61. The molecule has 6 heteroatoms. The van der Waals surface area contributed by atoms with Crippen LogP contribution in [0.1, 0.15) is 5.56 Å². The smallest absolute Gasteiger partial charge is 0.172 e. The van der Waals surface area contributed by atoms with Gasteiger partial charge >= 0.3 is 0 Å². The van der Waals surface area contributed by atoms with Gasteiger partial charge in [-0.1, -0.05) is 23.2 Å². The average Bonchev–Trinajstić information content (AvgIpc) is 2.39. The molecule has 1 aromatic carbocycles. The third kappa shape index (κ3) is 2.55. The van der Waals surface area contributed by atoms with Crippen molar-refractivity contribution in [2.24, 2.45) is 0 Å². The van der Waals surface area contributed by atoms with E-state index >= 15 is 0 Å². The van der Waals surface area contributed by atoms with Gasteiger partial charge in [-0.25, -0.2) is 9.97 Å². The highest BCUT2D eigenvalue weighted by Gasteiger charge is 2.20. The lowest BCUT2D eigenvalue weighted by molar-refractivity contribution is 0.312. The van der Waals surface area contributed by atoms with Crippen molar-refractivity contribution in [2.45, 2.75) is 6.92 Å². The number of aromatic nitrogens is 2. The molecule has 0 atom stereocenters. The highest BCUT2D eigenvalue weighted by Crippen LogP contribution is 2.29. The van der Waals surface area contributed by atoms with Crippen molar-refractivity contribution in [1.29, 1.82) is 0 Å². The van der Waals surface area contributed by atoms with E-state index in [4.69, 9.17) is 23.2 Å². The summed E-state index contributed by atoms with van der Waals surface area (Å²) in [5.41, 5.74) is 2.52. The number of benzene rings is 1. The fourth-order valence-corrected chi connectivity index (χ4v) is 3.00. The Bertz CT molecular complexity index is 651. The average molecular weight is 311 g/mol. The Morgan fingerprint density at radius 1 is 1.05 bits per heavy atom. The summed E-state index contributed by atoms with van der Waals surface area (Å²) in [5, 5.41) is 1.07. The summed E-state index contributed by atoms with van der Waals surface area (Å²) >= 11 is 12.6. The molecular formula is C14H16Cl2N4. The van der Waals surface area contributed by atoms with Gasteiger partial charge in [0.2, 0.25) is 0 Å². The zero-order valence-electron chi connectivity index (χ0n) is 11.5. The second kappa shape index (κ2) is 5.35. The maximum absolute atomic E-state index is 6.31. The molecule has 0 aliphatic carbocycles. The lowest BCUT2D eigenvalue weighted by atomic mass is 10.2. The summed E-state index contributed by atoms with van der Waals surface area (Å²) in [6.45, 7) is 5.78. The van der Waals surface area contributed by atoms with Crippen LogP contribution < -0.4 is 4.90 Å². The quantitative estimate of drug-likeness (QED) is 0.810. The first-order valence-corrected chi connectivity index (χ1v) is 7.37. The largest absolute Gasteiger partial charge is 0.351 e. The van der Waals surface area contributed by atoms with Gasteiger partial charge in [0.15, 0.2) is 11.0 Å². The number of anilines is 1. The van der Waals surface area contributed by atoms with Crippen LogP contribution in [-0.4, -0.2) is 48.1 Å². The molecule has 0 bridgehead atoms. The van der Waals surface area contributed by atoms with Crippen LogP contribution in [0.4, 0.5) is 5.82 Å². The van der Waals surface area contributed by atoms with Crippen molar-refractivity contribution >= 4 is 40.1 Å². The summed E-state index contributed by atoms with van der Waals surface area (Å²) in [7, 11) is 2.12. The van der Waals surface area contributed by atoms with E-state index in [1.54, 1.807) is 0 Å². The van der Waals surface area contributed by atoms with Gasteiger partial charge in [-0.3, -0.25) is 0 Å². The number of rotatable bonds is 1. The molecule has 2 aromatic rings. The summed E-state index contributed by atoms with van der Waals surface area (Å²) < 4.78 is 0. The van der Waals surface area contributed by atoms with E-state index in [1.165, 1.54) is 0 Å². The Balaban J connectivity index is 2.05. The van der Waals surface area contributed by atoms with Crippen LogP contribution in [0.3, 0.4) is 0 Å². The summed E-state index contributed by atoms with van der Waals surface area (Å²) in [6, 6.07) is 3.86. The molecule has 3 rings (SSSR count). The molecule has 1 fully saturated rings. The van der Waals surface area contributed by atoms with Gasteiger partial charge in [-0.15, -0.1) is 0 Å². The Labute approximate surface area is 128 Å². The molecule has 2 heterocycles. The molecule has 0 amide bonds. The highest BCUT2D eigenvalue weighted by atomic mass is 35.5. The van der Waals surface area contributed by atoms with E-state index in [-0.39, 0.29) is 0 Å². The monoisotopic (exact) mass is 310 g/mol. The van der Waals surface area contributed by atoms with Crippen molar-refractivity contribution in [3.05, 3.63) is 27.9 Å². The van der Waals surface area contributed by atoms with Gasteiger partial charge in [0.1, 0.15) is 5.52 Å². The van der Waals surface area contributed by atoms with Crippen LogP contribution in [-0.2, 0) is 0 Å². The Hall–Kier alpha value is -1.10. The second-order valence-electron chi connectivity index (χ2n) is 5.24.